The highest BCUT2D eigenvalue weighted by molar-refractivity contribution is 5.86. The molecule has 0 atom stereocenters. The smallest absolute Gasteiger partial charge is 0.293 e. The van der Waals surface area contributed by atoms with Gasteiger partial charge in [-0.2, -0.15) is 5.10 Å². The van der Waals surface area contributed by atoms with E-state index in [0.717, 1.165) is 23.2 Å². The predicted molar refractivity (Wildman–Crippen MR) is 127 cm³/mol. The summed E-state index contributed by atoms with van der Waals surface area (Å²) in [6.07, 6.45) is 2.35. The van der Waals surface area contributed by atoms with Crippen molar-refractivity contribution in [3.8, 4) is 0 Å². The first-order valence-electron chi connectivity index (χ1n) is 10.6. The van der Waals surface area contributed by atoms with Crippen molar-refractivity contribution in [3.63, 3.8) is 0 Å². The number of nitrogen functional groups attached to an aromatic ring is 1. The average molecular weight is 447 g/mol. The molecule has 1 aromatic carbocycles. The van der Waals surface area contributed by atoms with Gasteiger partial charge in [-0.1, -0.05) is 30.3 Å². The molecule has 0 fully saturated rings. The standard InChI is InChI=1S/C23H26N8O2/c1-14-11-27-22(25-9-8-16-6-4-3-5-7-16)23(33)31(14)13-19(32)26-12-17-10-18-20(24)29-30-21(18)28-15(17)2/h3-7,10-11H,8-9,12-13H2,1-2H3,(H,25,27)(H,26,32)(H3,24,28,29,30). The fraction of sp³-hybridized carbons (Fsp3) is 0.261. The van der Waals surface area contributed by atoms with E-state index in [0.29, 0.717) is 29.1 Å². The highest BCUT2D eigenvalue weighted by Crippen LogP contribution is 2.19. The molecule has 0 aliphatic carbocycles. The molecule has 1 amide bonds. The van der Waals surface area contributed by atoms with Gasteiger partial charge in [0.05, 0.1) is 5.39 Å². The first-order valence-corrected chi connectivity index (χ1v) is 10.6. The van der Waals surface area contributed by atoms with E-state index < -0.39 is 0 Å². The third-order valence-electron chi connectivity index (χ3n) is 5.45. The summed E-state index contributed by atoms with van der Waals surface area (Å²) in [5.41, 5.74) is 9.42. The normalized spacial score (nSPS) is 11.0. The second-order valence-electron chi connectivity index (χ2n) is 7.82. The SMILES string of the molecule is Cc1nc2n[nH]c(N)c2cc1CNC(=O)Cn1c(C)cnc(NCCc2ccccc2)c1=O. The number of nitrogens with zero attached hydrogens (tertiary/aromatic N) is 4. The van der Waals surface area contributed by atoms with Gasteiger partial charge in [-0.3, -0.25) is 19.3 Å². The van der Waals surface area contributed by atoms with Crippen molar-refractivity contribution in [2.45, 2.75) is 33.4 Å². The largest absolute Gasteiger partial charge is 0.384 e. The van der Waals surface area contributed by atoms with Crippen LogP contribution >= 0.6 is 0 Å². The molecule has 33 heavy (non-hydrogen) atoms. The lowest BCUT2D eigenvalue weighted by Crippen LogP contribution is -2.34. The molecule has 0 spiro atoms. The van der Waals surface area contributed by atoms with Crippen LogP contribution in [-0.2, 0) is 24.3 Å². The van der Waals surface area contributed by atoms with Gasteiger partial charge in [0.2, 0.25) is 5.91 Å². The summed E-state index contributed by atoms with van der Waals surface area (Å²) in [4.78, 5) is 34.1. The minimum absolute atomic E-state index is 0.108. The van der Waals surface area contributed by atoms with Crippen molar-refractivity contribution in [1.29, 1.82) is 0 Å². The topological polar surface area (TPSA) is 144 Å². The molecule has 4 aromatic rings. The van der Waals surface area contributed by atoms with Crippen molar-refractivity contribution in [1.82, 2.24) is 30.0 Å². The van der Waals surface area contributed by atoms with E-state index in [4.69, 9.17) is 5.73 Å². The number of carbonyl (C=O) groups is 1. The Morgan fingerprint density at radius 1 is 1.21 bits per heavy atom. The van der Waals surface area contributed by atoms with E-state index in [1.54, 1.807) is 13.1 Å². The summed E-state index contributed by atoms with van der Waals surface area (Å²) in [6, 6.07) is 11.8. The van der Waals surface area contributed by atoms with Crippen LogP contribution in [0, 0.1) is 13.8 Å². The number of hydrogen-bond donors (Lipinski definition) is 4. The summed E-state index contributed by atoms with van der Waals surface area (Å²) in [7, 11) is 0. The Labute approximate surface area is 190 Å². The molecule has 4 rings (SSSR count). The quantitative estimate of drug-likeness (QED) is 0.322. The van der Waals surface area contributed by atoms with Crippen LogP contribution in [0.3, 0.4) is 0 Å². The van der Waals surface area contributed by atoms with Crippen LogP contribution in [0.15, 0.2) is 47.4 Å². The highest BCUT2D eigenvalue weighted by atomic mass is 16.2. The number of rotatable bonds is 8. The van der Waals surface area contributed by atoms with Gasteiger partial charge < -0.3 is 16.4 Å². The van der Waals surface area contributed by atoms with E-state index in [9.17, 15) is 9.59 Å². The summed E-state index contributed by atoms with van der Waals surface area (Å²) < 4.78 is 1.41. The fourth-order valence-electron chi connectivity index (χ4n) is 3.52. The summed E-state index contributed by atoms with van der Waals surface area (Å²) in [6.45, 7) is 4.31. The van der Waals surface area contributed by atoms with E-state index in [1.807, 2.05) is 43.3 Å². The minimum atomic E-state index is -0.330. The molecule has 0 saturated heterocycles. The Balaban J connectivity index is 1.40. The molecule has 3 heterocycles. The number of benzene rings is 1. The zero-order valence-corrected chi connectivity index (χ0v) is 18.6. The molecule has 170 valence electrons. The Morgan fingerprint density at radius 2 is 2.00 bits per heavy atom. The molecule has 5 N–H and O–H groups in total. The number of aromatic amines is 1. The van der Waals surface area contributed by atoms with Gasteiger partial charge in [0.25, 0.3) is 5.56 Å². The Morgan fingerprint density at radius 3 is 2.79 bits per heavy atom. The molecule has 0 radical (unpaired) electrons. The second kappa shape index (κ2) is 9.51. The summed E-state index contributed by atoms with van der Waals surface area (Å²) in [5, 5.41) is 13.4. The molecular weight excluding hydrogens is 420 g/mol. The van der Waals surface area contributed by atoms with Gasteiger partial charge in [-0.25, -0.2) is 9.97 Å². The number of hydrogen-bond acceptors (Lipinski definition) is 7. The Hall–Kier alpha value is -4.21. The summed E-state index contributed by atoms with van der Waals surface area (Å²) in [5.74, 6) is 0.364. The number of aryl methyl sites for hydroxylation is 2. The zero-order chi connectivity index (χ0) is 23.4. The van der Waals surface area contributed by atoms with Gasteiger partial charge in [0.1, 0.15) is 12.4 Å². The lowest BCUT2D eigenvalue weighted by molar-refractivity contribution is -0.121. The molecular formula is C23H26N8O2. The number of pyridine rings is 1. The molecule has 0 bridgehead atoms. The molecule has 0 aliphatic heterocycles. The van der Waals surface area contributed by atoms with E-state index >= 15 is 0 Å². The van der Waals surface area contributed by atoms with Gasteiger partial charge in [0, 0.05) is 30.7 Å². The maximum atomic E-state index is 12.9. The molecule has 0 aliphatic rings. The number of nitrogens with two attached hydrogens (primary N) is 1. The number of aromatic nitrogens is 5. The third-order valence-corrected chi connectivity index (χ3v) is 5.45. The van der Waals surface area contributed by atoms with Crippen molar-refractivity contribution in [2.75, 3.05) is 17.6 Å². The van der Waals surface area contributed by atoms with Crippen LogP contribution in [-0.4, -0.2) is 37.2 Å². The number of fused-ring (bicyclic) bond motifs is 1. The maximum Gasteiger partial charge on any atom is 0.293 e. The fourth-order valence-corrected chi connectivity index (χ4v) is 3.52. The number of carbonyl (C=O) groups excluding carboxylic acids is 1. The van der Waals surface area contributed by atoms with Crippen molar-refractivity contribution in [3.05, 3.63) is 75.5 Å². The molecule has 10 heteroatoms. The van der Waals surface area contributed by atoms with Gasteiger partial charge in [-0.15, -0.1) is 0 Å². The average Bonchev–Trinajstić information content (AvgIpc) is 3.16. The number of H-pyrrole nitrogens is 1. The van der Waals surface area contributed by atoms with Gasteiger partial charge in [-0.05, 0) is 37.5 Å². The Bertz CT molecular complexity index is 1340. The molecule has 0 saturated carbocycles. The van der Waals surface area contributed by atoms with Crippen molar-refractivity contribution in [2.24, 2.45) is 0 Å². The van der Waals surface area contributed by atoms with Crippen LogP contribution < -0.4 is 21.9 Å². The Kier molecular flexibility index (Phi) is 6.34. The lowest BCUT2D eigenvalue weighted by Gasteiger charge is -2.13. The predicted octanol–water partition coefficient (Wildman–Crippen LogP) is 1.68. The highest BCUT2D eigenvalue weighted by Gasteiger charge is 2.13. The van der Waals surface area contributed by atoms with Crippen molar-refractivity contribution >= 4 is 28.6 Å². The van der Waals surface area contributed by atoms with Gasteiger partial charge >= 0.3 is 0 Å². The molecule has 3 aromatic heterocycles. The van der Waals surface area contributed by atoms with E-state index in [2.05, 4.69) is 30.8 Å². The maximum absolute atomic E-state index is 12.9. The zero-order valence-electron chi connectivity index (χ0n) is 18.6. The minimum Gasteiger partial charge on any atom is -0.384 e. The lowest BCUT2D eigenvalue weighted by atomic mass is 10.1. The molecule has 10 nitrogen and oxygen atoms in total. The number of amides is 1. The van der Waals surface area contributed by atoms with Gasteiger partial charge in [0.15, 0.2) is 11.5 Å². The number of nitrogens with one attached hydrogen (secondary N) is 3. The van der Waals surface area contributed by atoms with Crippen LogP contribution in [0.1, 0.15) is 22.5 Å². The second-order valence-corrected chi connectivity index (χ2v) is 7.82. The first-order chi connectivity index (χ1) is 15.9. The molecule has 0 unspecified atom stereocenters. The van der Waals surface area contributed by atoms with E-state index in [-0.39, 0.29) is 30.4 Å². The van der Waals surface area contributed by atoms with Crippen LogP contribution in [0.5, 0.6) is 0 Å². The third kappa shape index (κ3) is 5.00. The van der Waals surface area contributed by atoms with Crippen LogP contribution in [0.25, 0.3) is 11.0 Å². The number of anilines is 2. The van der Waals surface area contributed by atoms with Crippen LogP contribution in [0.4, 0.5) is 11.6 Å². The summed E-state index contributed by atoms with van der Waals surface area (Å²) >= 11 is 0. The first kappa shape index (κ1) is 22.0. The van der Waals surface area contributed by atoms with Crippen LogP contribution in [0.2, 0.25) is 0 Å². The van der Waals surface area contributed by atoms with E-state index in [1.165, 1.54) is 4.57 Å². The van der Waals surface area contributed by atoms with Crippen molar-refractivity contribution < 1.29 is 4.79 Å². The monoisotopic (exact) mass is 446 g/mol.